The summed E-state index contributed by atoms with van der Waals surface area (Å²) < 4.78 is 0. The third-order valence-corrected chi connectivity index (χ3v) is 10.8. The Morgan fingerprint density at radius 1 is 0.481 bits per heavy atom. The van der Waals surface area contributed by atoms with Crippen LogP contribution in [0.5, 0.6) is 0 Å². The van der Waals surface area contributed by atoms with Gasteiger partial charge < -0.3 is 0 Å². The highest BCUT2D eigenvalue weighted by Gasteiger charge is 2.39. The lowest BCUT2D eigenvalue weighted by atomic mass is 10.2. The minimum Gasteiger partial charge on any atom is -0.0803 e. The van der Waals surface area contributed by atoms with Crippen molar-refractivity contribution in [3.05, 3.63) is 132 Å². The Hall–Kier alpha value is -2.64. The van der Waals surface area contributed by atoms with Crippen LogP contribution in [0.1, 0.15) is 16.7 Å². The van der Waals surface area contributed by atoms with Gasteiger partial charge in [-0.3, -0.25) is 0 Å². The average molecular weight is 367 g/mol. The van der Waals surface area contributed by atoms with E-state index in [-0.39, 0.29) is 0 Å². The summed E-state index contributed by atoms with van der Waals surface area (Å²) >= 11 is 0. The molecule has 0 saturated carbocycles. The number of allylic oxidation sites excluding steroid dienone is 4. The topological polar surface area (TPSA) is 0 Å². The minimum atomic E-state index is -1.76. The molecule has 0 bridgehead atoms. The molecule has 1 aliphatic rings. The Bertz CT molecular complexity index is 781. The second-order valence-corrected chi connectivity index (χ2v) is 12.1. The molecule has 0 saturated heterocycles. The standard InChI is InChI=1S/C26H26Si/c1-4-12-23(13-5-1)20-27(26-18-10-11-19-26,21-24-14-6-2-7-15-24)22-25-16-8-3-9-17-25/h1-19,26H,20-22H2. The molecule has 0 fully saturated rings. The lowest BCUT2D eigenvalue weighted by Crippen LogP contribution is -2.47. The van der Waals surface area contributed by atoms with Gasteiger partial charge in [0.1, 0.15) is 0 Å². The summed E-state index contributed by atoms with van der Waals surface area (Å²) in [6.45, 7) is 0. The van der Waals surface area contributed by atoms with E-state index in [2.05, 4.69) is 115 Å². The highest BCUT2D eigenvalue weighted by atomic mass is 28.3. The monoisotopic (exact) mass is 366 g/mol. The fraction of sp³-hybridized carbons (Fsp3) is 0.154. The van der Waals surface area contributed by atoms with Crippen LogP contribution in [0, 0.1) is 0 Å². The van der Waals surface area contributed by atoms with E-state index in [0.29, 0.717) is 5.54 Å². The maximum absolute atomic E-state index is 2.45. The van der Waals surface area contributed by atoms with Gasteiger partial charge in [-0.25, -0.2) is 0 Å². The van der Waals surface area contributed by atoms with Gasteiger partial charge in [-0.15, -0.1) is 0 Å². The molecule has 1 heteroatoms. The summed E-state index contributed by atoms with van der Waals surface area (Å²) in [5.74, 6) is 0. The minimum absolute atomic E-state index is 0.582. The van der Waals surface area contributed by atoms with Crippen LogP contribution in [0.4, 0.5) is 0 Å². The Morgan fingerprint density at radius 3 is 1.15 bits per heavy atom. The van der Waals surface area contributed by atoms with E-state index in [1.807, 2.05) is 0 Å². The number of hydrogen-bond donors (Lipinski definition) is 0. The van der Waals surface area contributed by atoms with Crippen molar-refractivity contribution in [3.63, 3.8) is 0 Å². The molecule has 134 valence electrons. The van der Waals surface area contributed by atoms with Gasteiger partial charge in [-0.05, 0) is 23.7 Å². The zero-order chi connectivity index (χ0) is 18.4. The van der Waals surface area contributed by atoms with Crippen LogP contribution < -0.4 is 0 Å². The molecule has 1 aliphatic carbocycles. The number of hydrogen-bond acceptors (Lipinski definition) is 0. The van der Waals surface area contributed by atoms with Gasteiger partial charge in [0, 0.05) is 0 Å². The summed E-state index contributed by atoms with van der Waals surface area (Å²) in [5, 5.41) is 0. The van der Waals surface area contributed by atoms with E-state index in [0.717, 1.165) is 0 Å². The van der Waals surface area contributed by atoms with Crippen molar-refractivity contribution in [2.45, 2.75) is 23.7 Å². The first-order chi connectivity index (χ1) is 13.3. The van der Waals surface area contributed by atoms with Crippen LogP contribution in [0.25, 0.3) is 0 Å². The maximum atomic E-state index is 2.45. The molecule has 27 heavy (non-hydrogen) atoms. The molecule has 4 rings (SSSR count). The molecule has 0 aromatic heterocycles. The third kappa shape index (κ3) is 4.37. The van der Waals surface area contributed by atoms with Crippen LogP contribution in [0.2, 0.25) is 5.54 Å². The van der Waals surface area contributed by atoms with Crippen LogP contribution in [0.3, 0.4) is 0 Å². The average Bonchev–Trinajstić information content (AvgIpc) is 3.26. The first-order valence-corrected chi connectivity index (χ1v) is 12.5. The molecule has 0 nitrogen and oxygen atoms in total. The van der Waals surface area contributed by atoms with E-state index < -0.39 is 8.07 Å². The van der Waals surface area contributed by atoms with Crippen molar-refractivity contribution in [3.8, 4) is 0 Å². The SMILES string of the molecule is C1=CC([Si](Cc2ccccc2)(Cc2ccccc2)Cc2ccccc2)C=C1. The van der Waals surface area contributed by atoms with Gasteiger partial charge in [-0.2, -0.15) is 0 Å². The van der Waals surface area contributed by atoms with Gasteiger partial charge in [0.2, 0.25) is 0 Å². The summed E-state index contributed by atoms with van der Waals surface area (Å²) in [6, 6.07) is 36.9. The van der Waals surface area contributed by atoms with E-state index in [9.17, 15) is 0 Å². The van der Waals surface area contributed by atoms with E-state index in [1.165, 1.54) is 34.8 Å². The van der Waals surface area contributed by atoms with Crippen molar-refractivity contribution >= 4 is 8.07 Å². The molecule has 0 atom stereocenters. The number of rotatable bonds is 7. The van der Waals surface area contributed by atoms with Crippen LogP contribution in [-0.2, 0) is 18.1 Å². The Labute approximate surface area is 163 Å². The molecule has 0 amide bonds. The Balaban J connectivity index is 1.76. The molecule has 0 N–H and O–H groups in total. The van der Waals surface area contributed by atoms with Gasteiger partial charge in [-0.1, -0.05) is 132 Å². The molecule has 3 aromatic rings. The van der Waals surface area contributed by atoms with Crippen LogP contribution >= 0.6 is 0 Å². The summed E-state index contributed by atoms with van der Waals surface area (Å²) in [5.41, 5.74) is 5.01. The van der Waals surface area contributed by atoms with Crippen molar-refractivity contribution in [1.82, 2.24) is 0 Å². The maximum Gasteiger partial charge on any atom is 0.0778 e. The fourth-order valence-corrected chi connectivity index (χ4v) is 9.66. The zero-order valence-electron chi connectivity index (χ0n) is 15.7. The Morgan fingerprint density at radius 2 is 0.815 bits per heavy atom. The van der Waals surface area contributed by atoms with E-state index in [4.69, 9.17) is 0 Å². The molecule has 0 heterocycles. The molecule has 3 aromatic carbocycles. The third-order valence-electron chi connectivity index (χ3n) is 5.65. The van der Waals surface area contributed by atoms with Crippen molar-refractivity contribution < 1.29 is 0 Å². The lowest BCUT2D eigenvalue weighted by Gasteiger charge is -2.37. The van der Waals surface area contributed by atoms with Crippen molar-refractivity contribution in [2.75, 3.05) is 0 Å². The molecule has 0 unspecified atom stereocenters. The van der Waals surface area contributed by atoms with Crippen LogP contribution in [0.15, 0.2) is 115 Å². The fourth-order valence-electron chi connectivity index (χ4n) is 4.39. The molecule has 0 radical (unpaired) electrons. The van der Waals surface area contributed by atoms with Gasteiger partial charge in [0.05, 0.1) is 8.07 Å². The highest BCUT2D eigenvalue weighted by molar-refractivity contribution is 6.80. The van der Waals surface area contributed by atoms with Gasteiger partial charge in [0.25, 0.3) is 0 Å². The second kappa shape index (κ2) is 8.37. The predicted octanol–water partition coefficient (Wildman–Crippen LogP) is 6.28. The first kappa shape index (κ1) is 17.8. The van der Waals surface area contributed by atoms with Crippen LogP contribution in [-0.4, -0.2) is 8.07 Å². The molecule has 0 spiro atoms. The highest BCUT2D eigenvalue weighted by Crippen LogP contribution is 2.36. The number of benzene rings is 3. The van der Waals surface area contributed by atoms with E-state index >= 15 is 0 Å². The zero-order valence-corrected chi connectivity index (χ0v) is 16.7. The first-order valence-electron chi connectivity index (χ1n) is 9.81. The van der Waals surface area contributed by atoms with E-state index in [1.54, 1.807) is 0 Å². The lowest BCUT2D eigenvalue weighted by molar-refractivity contribution is 1.05. The van der Waals surface area contributed by atoms with Crippen molar-refractivity contribution in [2.24, 2.45) is 0 Å². The normalized spacial score (nSPS) is 13.9. The second-order valence-electron chi connectivity index (χ2n) is 7.65. The summed E-state index contributed by atoms with van der Waals surface area (Å²) in [7, 11) is -1.76. The van der Waals surface area contributed by atoms with Gasteiger partial charge >= 0.3 is 0 Å². The summed E-state index contributed by atoms with van der Waals surface area (Å²) in [4.78, 5) is 0. The van der Waals surface area contributed by atoms with Crippen molar-refractivity contribution in [1.29, 1.82) is 0 Å². The smallest absolute Gasteiger partial charge is 0.0778 e. The molecular weight excluding hydrogens is 340 g/mol. The summed E-state index contributed by atoms with van der Waals surface area (Å²) in [6.07, 6.45) is 9.38. The van der Waals surface area contributed by atoms with Gasteiger partial charge in [0.15, 0.2) is 0 Å². The predicted molar refractivity (Wildman–Crippen MR) is 118 cm³/mol. The largest absolute Gasteiger partial charge is 0.0803 e. The quantitative estimate of drug-likeness (QED) is 0.432. The molecular formula is C26H26Si. The molecule has 0 aliphatic heterocycles. The Kier molecular flexibility index (Phi) is 5.50.